The first kappa shape index (κ1) is 9.07. The van der Waals surface area contributed by atoms with Gasteiger partial charge in [0.25, 0.3) is 0 Å². The van der Waals surface area contributed by atoms with Crippen molar-refractivity contribution < 1.29 is 0 Å². The molecule has 0 aromatic carbocycles. The Kier molecular flexibility index (Phi) is 3.61. The van der Waals surface area contributed by atoms with Crippen LogP contribution in [0.5, 0.6) is 0 Å². The standard InChI is InChI=1S/C10H12NS/c1-3-6-11(7-4-2)10-5-8-12-9-10/h3-5,8H,1-2,6-7H2. The highest BCUT2D eigenvalue weighted by atomic mass is 32.1. The number of nitrogens with zero attached hydrogens (tertiary/aromatic N) is 1. The van der Waals surface area contributed by atoms with Crippen LogP contribution in [0.3, 0.4) is 0 Å². The molecule has 1 nitrogen and oxygen atoms in total. The Bertz CT molecular complexity index is 228. The first-order valence-electron chi connectivity index (χ1n) is 3.80. The Morgan fingerprint density at radius 2 is 2.08 bits per heavy atom. The molecule has 0 N–H and O–H groups in total. The molecule has 0 aliphatic rings. The quantitative estimate of drug-likeness (QED) is 0.627. The minimum Gasteiger partial charge on any atom is -0.363 e. The van der Waals surface area contributed by atoms with Crippen molar-refractivity contribution >= 4 is 17.0 Å². The predicted molar refractivity (Wildman–Crippen MR) is 55.8 cm³/mol. The zero-order valence-corrected chi connectivity index (χ0v) is 7.81. The molecule has 0 bridgehead atoms. The molecule has 0 saturated carbocycles. The van der Waals surface area contributed by atoms with Gasteiger partial charge in [0.05, 0.1) is 11.1 Å². The minimum absolute atomic E-state index is 0.846. The molecule has 1 rings (SSSR count). The summed E-state index contributed by atoms with van der Waals surface area (Å²) < 4.78 is 0. The Morgan fingerprint density at radius 3 is 2.50 bits per heavy atom. The van der Waals surface area contributed by atoms with Crippen molar-refractivity contribution in [3.63, 3.8) is 0 Å². The van der Waals surface area contributed by atoms with E-state index in [1.165, 1.54) is 0 Å². The molecular formula is C10H12NS. The maximum absolute atomic E-state index is 3.71. The van der Waals surface area contributed by atoms with Crippen molar-refractivity contribution in [2.45, 2.75) is 0 Å². The van der Waals surface area contributed by atoms with Gasteiger partial charge in [0, 0.05) is 13.1 Å². The summed E-state index contributed by atoms with van der Waals surface area (Å²) in [7, 11) is 0. The molecule has 0 fully saturated rings. The summed E-state index contributed by atoms with van der Waals surface area (Å²) in [6, 6.07) is 2.05. The van der Waals surface area contributed by atoms with Crippen molar-refractivity contribution in [3.05, 3.63) is 42.1 Å². The van der Waals surface area contributed by atoms with E-state index in [-0.39, 0.29) is 0 Å². The topological polar surface area (TPSA) is 3.24 Å². The molecule has 1 heterocycles. The van der Waals surface area contributed by atoms with E-state index >= 15 is 0 Å². The summed E-state index contributed by atoms with van der Waals surface area (Å²) in [6.45, 7) is 9.11. The first-order chi connectivity index (χ1) is 5.88. The summed E-state index contributed by atoms with van der Waals surface area (Å²) in [5, 5.41) is 5.20. The van der Waals surface area contributed by atoms with E-state index in [9.17, 15) is 0 Å². The zero-order valence-electron chi connectivity index (χ0n) is 6.99. The van der Waals surface area contributed by atoms with Crippen LogP contribution in [0.1, 0.15) is 0 Å². The van der Waals surface area contributed by atoms with Crippen LogP contribution in [0.25, 0.3) is 0 Å². The fourth-order valence-corrected chi connectivity index (χ4v) is 1.56. The molecule has 2 heteroatoms. The van der Waals surface area contributed by atoms with Crippen LogP contribution in [-0.2, 0) is 0 Å². The second-order valence-corrected chi connectivity index (χ2v) is 3.10. The highest BCUT2D eigenvalue weighted by Gasteiger charge is 2.01. The average Bonchev–Trinajstić information content (AvgIpc) is 2.56. The normalized spacial score (nSPS) is 9.33. The molecule has 0 unspecified atom stereocenters. The SMILES string of the molecule is C=CCN(CC=C)c1[c]scc1. The summed E-state index contributed by atoms with van der Waals surface area (Å²) >= 11 is 1.58. The van der Waals surface area contributed by atoms with Gasteiger partial charge in [0.1, 0.15) is 0 Å². The van der Waals surface area contributed by atoms with Gasteiger partial charge in [-0.2, -0.15) is 0 Å². The smallest absolute Gasteiger partial charge is 0.0697 e. The second-order valence-electron chi connectivity index (χ2n) is 2.39. The maximum Gasteiger partial charge on any atom is 0.0697 e. The number of hydrogen-bond acceptors (Lipinski definition) is 2. The van der Waals surface area contributed by atoms with Gasteiger partial charge < -0.3 is 4.90 Å². The first-order valence-corrected chi connectivity index (χ1v) is 4.68. The number of hydrogen-bond donors (Lipinski definition) is 0. The fraction of sp³-hybridized carbons (Fsp3) is 0.200. The molecule has 63 valence electrons. The lowest BCUT2D eigenvalue weighted by atomic mass is 10.4. The van der Waals surface area contributed by atoms with Crippen molar-refractivity contribution in [2.75, 3.05) is 18.0 Å². The molecule has 1 radical (unpaired) electrons. The van der Waals surface area contributed by atoms with Gasteiger partial charge in [0.15, 0.2) is 0 Å². The largest absolute Gasteiger partial charge is 0.363 e. The Labute approximate surface area is 77.6 Å². The molecule has 0 amide bonds. The van der Waals surface area contributed by atoms with Crippen molar-refractivity contribution in [2.24, 2.45) is 0 Å². The van der Waals surface area contributed by atoms with Gasteiger partial charge in [-0.15, -0.1) is 24.5 Å². The third-order valence-electron chi connectivity index (χ3n) is 1.50. The summed E-state index contributed by atoms with van der Waals surface area (Å²) in [4.78, 5) is 2.16. The van der Waals surface area contributed by atoms with Gasteiger partial charge in [0.2, 0.25) is 0 Å². The average molecular weight is 178 g/mol. The minimum atomic E-state index is 0.846. The van der Waals surface area contributed by atoms with Crippen molar-refractivity contribution in [3.8, 4) is 0 Å². The Morgan fingerprint density at radius 1 is 1.42 bits per heavy atom. The molecule has 0 aliphatic heterocycles. The predicted octanol–water partition coefficient (Wildman–Crippen LogP) is 2.73. The molecule has 12 heavy (non-hydrogen) atoms. The molecular weight excluding hydrogens is 166 g/mol. The molecule has 0 saturated heterocycles. The van der Waals surface area contributed by atoms with Gasteiger partial charge in [-0.3, -0.25) is 0 Å². The van der Waals surface area contributed by atoms with Gasteiger partial charge in [-0.1, -0.05) is 12.2 Å². The Hall–Kier alpha value is -1.02. The number of thiophene rings is 1. The van der Waals surface area contributed by atoms with Crippen LogP contribution in [0.2, 0.25) is 0 Å². The highest BCUT2D eigenvalue weighted by molar-refractivity contribution is 7.07. The van der Waals surface area contributed by atoms with E-state index in [4.69, 9.17) is 0 Å². The lowest BCUT2D eigenvalue weighted by Gasteiger charge is -2.18. The second kappa shape index (κ2) is 4.78. The zero-order chi connectivity index (χ0) is 8.81. The van der Waals surface area contributed by atoms with Gasteiger partial charge in [-0.25, -0.2) is 0 Å². The third kappa shape index (κ3) is 2.24. The van der Waals surface area contributed by atoms with Gasteiger partial charge in [-0.05, 0) is 11.4 Å². The number of anilines is 1. The lowest BCUT2D eigenvalue weighted by Crippen LogP contribution is -2.22. The molecule has 0 aliphatic carbocycles. The fourth-order valence-electron chi connectivity index (χ4n) is 0.980. The Balaban J connectivity index is 2.65. The van der Waals surface area contributed by atoms with E-state index in [2.05, 4.69) is 29.5 Å². The molecule has 1 aromatic heterocycles. The third-order valence-corrected chi connectivity index (χ3v) is 2.10. The van der Waals surface area contributed by atoms with Crippen molar-refractivity contribution in [1.29, 1.82) is 0 Å². The van der Waals surface area contributed by atoms with E-state index in [0.717, 1.165) is 18.8 Å². The van der Waals surface area contributed by atoms with E-state index in [0.29, 0.717) is 0 Å². The van der Waals surface area contributed by atoms with E-state index < -0.39 is 0 Å². The number of rotatable bonds is 5. The van der Waals surface area contributed by atoms with Crippen LogP contribution >= 0.6 is 11.3 Å². The van der Waals surface area contributed by atoms with Gasteiger partial charge >= 0.3 is 0 Å². The van der Waals surface area contributed by atoms with Crippen LogP contribution in [0.4, 0.5) is 5.69 Å². The summed E-state index contributed by atoms with van der Waals surface area (Å²) in [5.74, 6) is 0. The molecule has 1 aromatic rings. The molecule has 0 spiro atoms. The molecule has 0 atom stereocenters. The maximum atomic E-state index is 3.71. The van der Waals surface area contributed by atoms with Crippen molar-refractivity contribution in [1.82, 2.24) is 0 Å². The van der Waals surface area contributed by atoms with E-state index in [1.54, 1.807) is 11.3 Å². The van der Waals surface area contributed by atoms with E-state index in [1.807, 2.05) is 17.5 Å². The monoisotopic (exact) mass is 178 g/mol. The summed E-state index contributed by atoms with van der Waals surface area (Å²) in [6.07, 6.45) is 3.77. The highest BCUT2D eigenvalue weighted by Crippen LogP contribution is 2.16. The van der Waals surface area contributed by atoms with Crippen LogP contribution in [0.15, 0.2) is 36.8 Å². The van der Waals surface area contributed by atoms with Crippen LogP contribution < -0.4 is 4.90 Å². The van der Waals surface area contributed by atoms with Crippen LogP contribution in [0, 0.1) is 5.38 Å². The summed E-state index contributed by atoms with van der Waals surface area (Å²) in [5.41, 5.74) is 1.12. The van der Waals surface area contributed by atoms with Crippen LogP contribution in [-0.4, -0.2) is 13.1 Å². The lowest BCUT2D eigenvalue weighted by molar-refractivity contribution is 0.960.